The quantitative estimate of drug-likeness (QED) is 0.815. The molecule has 2 N–H and O–H groups in total. The maximum atomic E-state index is 12.9. The van der Waals surface area contributed by atoms with Crippen LogP contribution in [0, 0.1) is 0 Å². The van der Waals surface area contributed by atoms with E-state index in [2.05, 4.69) is 0 Å². The van der Waals surface area contributed by atoms with Gasteiger partial charge in [-0.3, -0.25) is 0 Å². The molecule has 1 fully saturated rings. The fraction of sp³-hybridized carbons (Fsp3) is 0.333. The molecule has 0 radical (unpaired) electrons. The lowest BCUT2D eigenvalue weighted by Gasteiger charge is -2.34. The molecule has 3 rings (SSSR count). The SMILES string of the molecule is Oc1c(Cl)cc(Cl)cc1C[NH+]1CCN(c2cccc(C(F)(F)F)c2)CC1. The molecule has 0 atom stereocenters. The van der Waals surface area contributed by atoms with Crippen LogP contribution in [0.5, 0.6) is 5.75 Å². The summed E-state index contributed by atoms with van der Waals surface area (Å²) in [6.45, 7) is 3.29. The van der Waals surface area contributed by atoms with Gasteiger partial charge in [0.25, 0.3) is 0 Å². The Hall–Kier alpha value is -1.63. The summed E-state index contributed by atoms with van der Waals surface area (Å²) < 4.78 is 38.6. The molecule has 1 heterocycles. The maximum absolute atomic E-state index is 12.9. The van der Waals surface area contributed by atoms with Crippen LogP contribution in [-0.4, -0.2) is 31.3 Å². The Balaban J connectivity index is 1.65. The van der Waals surface area contributed by atoms with Gasteiger partial charge in [-0.25, -0.2) is 0 Å². The van der Waals surface area contributed by atoms with E-state index in [4.69, 9.17) is 23.2 Å². The number of halogens is 5. The van der Waals surface area contributed by atoms with E-state index in [-0.39, 0.29) is 10.8 Å². The summed E-state index contributed by atoms with van der Waals surface area (Å²) in [6.07, 6.45) is -4.34. The number of aromatic hydroxyl groups is 1. The van der Waals surface area contributed by atoms with Crippen molar-refractivity contribution >= 4 is 28.9 Å². The van der Waals surface area contributed by atoms with Crippen LogP contribution < -0.4 is 9.80 Å². The molecule has 140 valence electrons. The lowest BCUT2D eigenvalue weighted by atomic mass is 10.1. The summed E-state index contributed by atoms with van der Waals surface area (Å²) >= 11 is 11.9. The van der Waals surface area contributed by atoms with E-state index in [1.165, 1.54) is 23.1 Å². The van der Waals surface area contributed by atoms with Crippen LogP contribution in [0.15, 0.2) is 36.4 Å². The van der Waals surface area contributed by atoms with Crippen molar-refractivity contribution in [1.29, 1.82) is 0 Å². The summed E-state index contributed by atoms with van der Waals surface area (Å²) in [5.41, 5.74) is 0.612. The Bertz CT molecular complexity index is 790. The first-order valence-corrected chi connectivity index (χ1v) is 8.92. The van der Waals surface area contributed by atoms with Crippen LogP contribution in [0.3, 0.4) is 0 Å². The zero-order valence-electron chi connectivity index (χ0n) is 13.8. The molecule has 8 heteroatoms. The highest BCUT2D eigenvalue weighted by molar-refractivity contribution is 6.35. The number of rotatable bonds is 3. The number of alkyl halides is 3. The Kier molecular flexibility index (Phi) is 5.55. The minimum atomic E-state index is -4.34. The maximum Gasteiger partial charge on any atom is 0.416 e. The van der Waals surface area contributed by atoms with E-state index in [1.54, 1.807) is 12.1 Å². The molecule has 0 spiro atoms. The van der Waals surface area contributed by atoms with Gasteiger partial charge in [-0.1, -0.05) is 29.3 Å². The molecule has 2 aromatic carbocycles. The van der Waals surface area contributed by atoms with E-state index in [1.807, 2.05) is 4.90 Å². The number of anilines is 1. The zero-order valence-corrected chi connectivity index (χ0v) is 15.3. The molecule has 0 unspecified atom stereocenters. The molecule has 26 heavy (non-hydrogen) atoms. The molecule has 1 aliphatic rings. The monoisotopic (exact) mass is 405 g/mol. The first kappa shape index (κ1) is 19.1. The highest BCUT2D eigenvalue weighted by atomic mass is 35.5. The minimum absolute atomic E-state index is 0.0314. The summed E-state index contributed by atoms with van der Waals surface area (Å²) in [4.78, 5) is 3.16. The second-order valence-electron chi connectivity index (χ2n) is 6.36. The number of hydrogen-bond acceptors (Lipinski definition) is 2. The van der Waals surface area contributed by atoms with Gasteiger partial charge in [-0.2, -0.15) is 13.2 Å². The van der Waals surface area contributed by atoms with Crippen molar-refractivity contribution in [2.24, 2.45) is 0 Å². The summed E-state index contributed by atoms with van der Waals surface area (Å²) in [5, 5.41) is 10.7. The van der Waals surface area contributed by atoms with Crippen LogP contribution in [0.25, 0.3) is 0 Å². The Labute approximate surface area is 159 Å². The van der Waals surface area contributed by atoms with Gasteiger partial charge in [0.2, 0.25) is 0 Å². The first-order valence-electron chi connectivity index (χ1n) is 8.16. The van der Waals surface area contributed by atoms with Crippen molar-refractivity contribution in [3.63, 3.8) is 0 Å². The van der Waals surface area contributed by atoms with Crippen molar-refractivity contribution in [3.8, 4) is 5.75 Å². The molecule has 0 aromatic heterocycles. The lowest BCUT2D eigenvalue weighted by molar-refractivity contribution is -0.914. The van der Waals surface area contributed by atoms with Crippen LogP contribution >= 0.6 is 23.2 Å². The van der Waals surface area contributed by atoms with E-state index in [0.717, 1.165) is 19.2 Å². The van der Waals surface area contributed by atoms with Crippen LogP contribution in [0.2, 0.25) is 10.0 Å². The molecule has 2 aromatic rings. The summed E-state index contributed by atoms with van der Waals surface area (Å²) in [6, 6.07) is 8.58. The van der Waals surface area contributed by atoms with E-state index >= 15 is 0 Å². The zero-order chi connectivity index (χ0) is 18.9. The number of phenols is 1. The topological polar surface area (TPSA) is 27.9 Å². The smallest absolute Gasteiger partial charge is 0.416 e. The highest BCUT2D eigenvalue weighted by Crippen LogP contribution is 2.32. The molecular weight excluding hydrogens is 388 g/mol. The number of phenolic OH excluding ortho intramolecular Hbond substituents is 1. The fourth-order valence-electron chi connectivity index (χ4n) is 3.16. The predicted octanol–water partition coefficient (Wildman–Crippen LogP) is 3.62. The third kappa shape index (κ3) is 4.37. The molecule has 0 amide bonds. The highest BCUT2D eigenvalue weighted by Gasteiger charge is 2.31. The fourth-order valence-corrected chi connectivity index (χ4v) is 3.70. The molecule has 0 bridgehead atoms. The molecule has 1 saturated heterocycles. The van der Waals surface area contributed by atoms with Crippen LogP contribution in [0.1, 0.15) is 11.1 Å². The molecule has 1 aliphatic heterocycles. The van der Waals surface area contributed by atoms with Gasteiger partial charge in [0.05, 0.1) is 42.3 Å². The van der Waals surface area contributed by atoms with Gasteiger partial charge in [-0.05, 0) is 30.3 Å². The van der Waals surface area contributed by atoms with Gasteiger partial charge < -0.3 is 14.9 Å². The van der Waals surface area contributed by atoms with E-state index < -0.39 is 11.7 Å². The second kappa shape index (κ2) is 7.55. The Morgan fingerprint density at radius 1 is 1.08 bits per heavy atom. The second-order valence-corrected chi connectivity index (χ2v) is 7.20. The molecule has 3 nitrogen and oxygen atoms in total. The number of piperazine rings is 1. The summed E-state index contributed by atoms with van der Waals surface area (Å²) in [7, 11) is 0. The van der Waals surface area contributed by atoms with Crippen LogP contribution in [-0.2, 0) is 12.7 Å². The van der Waals surface area contributed by atoms with Gasteiger partial charge in [0.1, 0.15) is 12.3 Å². The van der Waals surface area contributed by atoms with Gasteiger partial charge in [-0.15, -0.1) is 0 Å². The predicted molar refractivity (Wildman–Crippen MR) is 96.2 cm³/mol. The number of hydrogen-bond donors (Lipinski definition) is 2. The number of benzene rings is 2. The van der Waals surface area contributed by atoms with Gasteiger partial charge in [0.15, 0.2) is 0 Å². The van der Waals surface area contributed by atoms with Crippen molar-refractivity contribution in [3.05, 3.63) is 57.6 Å². The van der Waals surface area contributed by atoms with Crippen molar-refractivity contribution in [2.45, 2.75) is 12.7 Å². The molecular formula is C18H18Cl2F3N2O+. The average molecular weight is 406 g/mol. The molecule has 0 aliphatic carbocycles. The normalized spacial score (nSPS) is 16.1. The van der Waals surface area contributed by atoms with Gasteiger partial charge >= 0.3 is 6.18 Å². The van der Waals surface area contributed by atoms with Crippen molar-refractivity contribution in [1.82, 2.24) is 0 Å². The van der Waals surface area contributed by atoms with Crippen molar-refractivity contribution in [2.75, 3.05) is 31.1 Å². The van der Waals surface area contributed by atoms with Crippen LogP contribution in [0.4, 0.5) is 18.9 Å². The third-order valence-electron chi connectivity index (χ3n) is 4.56. The van der Waals surface area contributed by atoms with Gasteiger partial charge in [0, 0.05) is 10.7 Å². The van der Waals surface area contributed by atoms with E-state index in [0.29, 0.717) is 35.9 Å². The Morgan fingerprint density at radius 3 is 2.42 bits per heavy atom. The Morgan fingerprint density at radius 2 is 1.77 bits per heavy atom. The van der Waals surface area contributed by atoms with E-state index in [9.17, 15) is 18.3 Å². The summed E-state index contributed by atoms with van der Waals surface area (Å²) in [5.74, 6) is 0.0314. The third-order valence-corrected chi connectivity index (χ3v) is 5.06. The molecule has 0 saturated carbocycles. The lowest BCUT2D eigenvalue weighted by Crippen LogP contribution is -3.13. The number of quaternary nitrogens is 1. The number of nitrogens with zero attached hydrogens (tertiary/aromatic N) is 1. The minimum Gasteiger partial charge on any atom is -0.506 e. The number of nitrogens with one attached hydrogen (secondary N) is 1. The standard InChI is InChI=1S/C18H17Cl2F3N2O/c19-14-8-12(17(26)16(20)10-14)11-24-4-6-25(7-5-24)15-3-1-2-13(9-15)18(21,22)23/h1-3,8-10,26H,4-7,11H2/p+1. The first-order chi connectivity index (χ1) is 12.2. The largest absolute Gasteiger partial charge is 0.506 e. The average Bonchev–Trinajstić information content (AvgIpc) is 2.59. The van der Waals surface area contributed by atoms with Crippen molar-refractivity contribution < 1.29 is 23.2 Å².